The molecule has 2 rings (SSSR count). The Morgan fingerprint density at radius 1 is 1.32 bits per heavy atom. The molecule has 0 aliphatic carbocycles. The number of methoxy groups -OCH3 is 1. The Morgan fingerprint density at radius 3 is 2.79 bits per heavy atom. The molecule has 0 radical (unpaired) electrons. The number of hydrogen-bond donors (Lipinski definition) is 1. The van der Waals surface area contributed by atoms with Crippen molar-refractivity contribution in [1.29, 1.82) is 0 Å². The standard InChI is InChI=1S/C15H24N2O2/c1-3-16-11-13-4-5-15(18-2)14(10-13)12-17-6-8-19-9-7-17/h4-5,10,16H,3,6-9,11-12H2,1-2H3. The first-order valence-electron chi connectivity index (χ1n) is 7.00. The molecule has 1 saturated heterocycles. The quantitative estimate of drug-likeness (QED) is 0.847. The van der Waals surface area contributed by atoms with Crippen LogP contribution in [0.2, 0.25) is 0 Å². The number of rotatable bonds is 6. The summed E-state index contributed by atoms with van der Waals surface area (Å²) < 4.78 is 10.9. The van der Waals surface area contributed by atoms with Crippen LogP contribution >= 0.6 is 0 Å². The highest BCUT2D eigenvalue weighted by atomic mass is 16.5. The molecule has 4 nitrogen and oxygen atoms in total. The predicted octanol–water partition coefficient (Wildman–Crippen LogP) is 1.64. The summed E-state index contributed by atoms with van der Waals surface area (Å²) >= 11 is 0. The van der Waals surface area contributed by atoms with Crippen LogP contribution in [0, 0.1) is 0 Å². The lowest BCUT2D eigenvalue weighted by atomic mass is 10.1. The number of benzene rings is 1. The molecule has 0 unspecified atom stereocenters. The van der Waals surface area contributed by atoms with E-state index in [4.69, 9.17) is 9.47 Å². The molecule has 1 aromatic carbocycles. The van der Waals surface area contributed by atoms with Crippen LogP contribution in [-0.2, 0) is 17.8 Å². The van der Waals surface area contributed by atoms with Crippen molar-refractivity contribution in [3.05, 3.63) is 29.3 Å². The Labute approximate surface area is 115 Å². The van der Waals surface area contributed by atoms with Gasteiger partial charge in [0.15, 0.2) is 0 Å². The molecular formula is C15H24N2O2. The molecule has 1 aliphatic rings. The Kier molecular flexibility index (Phi) is 5.63. The summed E-state index contributed by atoms with van der Waals surface area (Å²) in [5, 5.41) is 3.36. The third-order valence-electron chi connectivity index (χ3n) is 3.42. The van der Waals surface area contributed by atoms with Gasteiger partial charge in [-0.3, -0.25) is 4.90 Å². The van der Waals surface area contributed by atoms with Gasteiger partial charge in [-0.15, -0.1) is 0 Å². The van der Waals surface area contributed by atoms with Crippen LogP contribution in [0.5, 0.6) is 5.75 Å². The van der Waals surface area contributed by atoms with Gasteiger partial charge in [-0.25, -0.2) is 0 Å². The number of nitrogens with one attached hydrogen (secondary N) is 1. The molecule has 0 saturated carbocycles. The molecule has 1 fully saturated rings. The SMILES string of the molecule is CCNCc1ccc(OC)c(CN2CCOCC2)c1. The van der Waals surface area contributed by atoms with E-state index in [-0.39, 0.29) is 0 Å². The average molecular weight is 264 g/mol. The number of morpholine rings is 1. The van der Waals surface area contributed by atoms with Gasteiger partial charge < -0.3 is 14.8 Å². The molecule has 0 aromatic heterocycles. The summed E-state index contributed by atoms with van der Waals surface area (Å²) in [5.74, 6) is 0.978. The van der Waals surface area contributed by atoms with Gasteiger partial charge in [0.1, 0.15) is 5.75 Å². The molecule has 0 atom stereocenters. The third kappa shape index (κ3) is 4.20. The zero-order chi connectivity index (χ0) is 13.5. The van der Waals surface area contributed by atoms with Crippen LogP contribution in [0.1, 0.15) is 18.1 Å². The summed E-state index contributed by atoms with van der Waals surface area (Å²) in [7, 11) is 1.74. The molecule has 0 bridgehead atoms. The van der Waals surface area contributed by atoms with E-state index in [1.54, 1.807) is 7.11 Å². The van der Waals surface area contributed by atoms with E-state index < -0.39 is 0 Å². The summed E-state index contributed by atoms with van der Waals surface area (Å²) in [6.07, 6.45) is 0. The summed E-state index contributed by atoms with van der Waals surface area (Å²) in [5.41, 5.74) is 2.57. The van der Waals surface area contributed by atoms with Crippen molar-refractivity contribution >= 4 is 0 Å². The van der Waals surface area contributed by atoms with E-state index in [1.807, 2.05) is 0 Å². The van der Waals surface area contributed by atoms with Crippen LogP contribution < -0.4 is 10.1 Å². The van der Waals surface area contributed by atoms with Gasteiger partial charge in [0.05, 0.1) is 20.3 Å². The van der Waals surface area contributed by atoms with Gasteiger partial charge >= 0.3 is 0 Å². The second-order valence-electron chi connectivity index (χ2n) is 4.82. The van der Waals surface area contributed by atoms with E-state index in [2.05, 4.69) is 35.3 Å². The van der Waals surface area contributed by atoms with Crippen molar-refractivity contribution in [3.8, 4) is 5.75 Å². The summed E-state index contributed by atoms with van der Waals surface area (Å²) in [6, 6.07) is 6.45. The lowest BCUT2D eigenvalue weighted by Gasteiger charge is -2.27. The minimum Gasteiger partial charge on any atom is -0.496 e. The molecule has 1 aromatic rings. The highest BCUT2D eigenvalue weighted by Crippen LogP contribution is 2.22. The normalized spacial score (nSPS) is 16.5. The lowest BCUT2D eigenvalue weighted by Crippen LogP contribution is -2.35. The number of ether oxygens (including phenoxy) is 2. The molecule has 106 valence electrons. The minimum absolute atomic E-state index is 0.833. The second kappa shape index (κ2) is 7.48. The Hall–Kier alpha value is -1.10. The van der Waals surface area contributed by atoms with Crippen LogP contribution in [0.3, 0.4) is 0 Å². The zero-order valence-electron chi connectivity index (χ0n) is 11.9. The predicted molar refractivity (Wildman–Crippen MR) is 76.5 cm³/mol. The van der Waals surface area contributed by atoms with Gasteiger partial charge in [0, 0.05) is 31.7 Å². The first kappa shape index (κ1) is 14.3. The first-order chi connectivity index (χ1) is 9.33. The Balaban J connectivity index is 2.06. The van der Waals surface area contributed by atoms with Crippen molar-refractivity contribution < 1.29 is 9.47 Å². The average Bonchev–Trinajstić information content (AvgIpc) is 2.46. The lowest BCUT2D eigenvalue weighted by molar-refractivity contribution is 0.0339. The molecule has 1 aliphatic heterocycles. The Morgan fingerprint density at radius 2 is 2.11 bits per heavy atom. The van der Waals surface area contributed by atoms with Crippen molar-refractivity contribution in [2.75, 3.05) is 40.0 Å². The van der Waals surface area contributed by atoms with Crippen molar-refractivity contribution in [3.63, 3.8) is 0 Å². The molecule has 1 N–H and O–H groups in total. The zero-order valence-corrected chi connectivity index (χ0v) is 11.9. The van der Waals surface area contributed by atoms with Gasteiger partial charge in [0.25, 0.3) is 0 Å². The van der Waals surface area contributed by atoms with E-state index >= 15 is 0 Å². The molecule has 4 heteroatoms. The van der Waals surface area contributed by atoms with Crippen LogP contribution in [0.15, 0.2) is 18.2 Å². The van der Waals surface area contributed by atoms with Crippen LogP contribution in [0.25, 0.3) is 0 Å². The fourth-order valence-electron chi connectivity index (χ4n) is 2.33. The van der Waals surface area contributed by atoms with Crippen LogP contribution in [-0.4, -0.2) is 44.9 Å². The third-order valence-corrected chi connectivity index (χ3v) is 3.42. The van der Waals surface area contributed by atoms with Gasteiger partial charge in [-0.1, -0.05) is 13.0 Å². The second-order valence-corrected chi connectivity index (χ2v) is 4.82. The van der Waals surface area contributed by atoms with Crippen molar-refractivity contribution in [2.24, 2.45) is 0 Å². The van der Waals surface area contributed by atoms with Crippen LogP contribution in [0.4, 0.5) is 0 Å². The van der Waals surface area contributed by atoms with Crippen molar-refractivity contribution in [1.82, 2.24) is 10.2 Å². The minimum atomic E-state index is 0.833. The summed E-state index contributed by atoms with van der Waals surface area (Å²) in [4.78, 5) is 2.42. The first-order valence-corrected chi connectivity index (χ1v) is 7.00. The maximum atomic E-state index is 5.47. The maximum absolute atomic E-state index is 5.47. The molecule has 1 heterocycles. The summed E-state index contributed by atoms with van der Waals surface area (Å²) in [6.45, 7) is 8.63. The monoisotopic (exact) mass is 264 g/mol. The van der Waals surface area contributed by atoms with E-state index in [0.29, 0.717) is 0 Å². The van der Waals surface area contributed by atoms with E-state index in [1.165, 1.54) is 11.1 Å². The van der Waals surface area contributed by atoms with Gasteiger partial charge in [0.2, 0.25) is 0 Å². The van der Waals surface area contributed by atoms with E-state index in [9.17, 15) is 0 Å². The maximum Gasteiger partial charge on any atom is 0.123 e. The topological polar surface area (TPSA) is 33.7 Å². The molecule has 19 heavy (non-hydrogen) atoms. The van der Waals surface area contributed by atoms with Gasteiger partial charge in [-0.05, 0) is 24.2 Å². The molecular weight excluding hydrogens is 240 g/mol. The van der Waals surface area contributed by atoms with Gasteiger partial charge in [-0.2, -0.15) is 0 Å². The molecule has 0 spiro atoms. The molecule has 0 amide bonds. The largest absolute Gasteiger partial charge is 0.496 e. The number of hydrogen-bond acceptors (Lipinski definition) is 4. The highest BCUT2D eigenvalue weighted by molar-refractivity contribution is 5.37. The Bertz CT molecular complexity index is 390. The number of nitrogens with zero attached hydrogens (tertiary/aromatic N) is 1. The van der Waals surface area contributed by atoms with E-state index in [0.717, 1.165) is 51.7 Å². The fourth-order valence-corrected chi connectivity index (χ4v) is 2.33. The smallest absolute Gasteiger partial charge is 0.123 e. The fraction of sp³-hybridized carbons (Fsp3) is 0.600. The van der Waals surface area contributed by atoms with Crippen molar-refractivity contribution in [2.45, 2.75) is 20.0 Å². The highest BCUT2D eigenvalue weighted by Gasteiger charge is 2.13.